The average Bonchev–Trinajstić information content (AvgIpc) is 1.61. The van der Waals surface area contributed by atoms with E-state index in [0.717, 1.165) is 172 Å². The SMILES string of the molecule is CC/C(=C(\C1=C(Cl)c2ccccc2C1)c1ccc(/C=C/C(=O)O)cc1)c1ccc(Cl)cc1.CCOC(=O)/C=C/c1ccc(/C(C2=C(Cl)c3ccccc3C2)=C(/CC)c2ccc(Cl)cc2)cc1.CCOC(=O)/C=C/c1ccc(/C(C2=Cc3ccccc3C2)=C(/CC)B2OC(C)(C)C(C)(C)O2)cc1.CCOC(=O)/C=C/c1ccc(/C(C2=Cc3ccccc3C2)=C(/CC)c2ccc(Cl)cc2)cc1.Clc1ccc(I)cc1. The van der Waals surface area contributed by atoms with Gasteiger partial charge in [0.15, 0.2) is 0 Å². The van der Waals surface area contributed by atoms with Crippen molar-refractivity contribution in [1.29, 1.82) is 0 Å². The van der Waals surface area contributed by atoms with E-state index in [4.69, 9.17) is 98.2 Å². The van der Waals surface area contributed by atoms with E-state index in [0.29, 0.717) is 29.9 Å². The summed E-state index contributed by atoms with van der Waals surface area (Å²) in [6, 6.07) is 98.1. The predicted octanol–water partition coefficient (Wildman–Crippen LogP) is 33.9. The smallest absolute Gasteiger partial charge is 0.478 e. The van der Waals surface area contributed by atoms with Crippen molar-refractivity contribution in [2.45, 2.75) is 139 Å². The van der Waals surface area contributed by atoms with Gasteiger partial charge >= 0.3 is 31.0 Å². The molecule has 0 spiro atoms. The second-order valence-corrected chi connectivity index (χ2v) is 38.9. The highest BCUT2D eigenvalue weighted by atomic mass is 127. The molecule has 1 N–H and O–H groups in total. The number of halogens is 7. The molecule has 12 aromatic rings. The van der Waals surface area contributed by atoms with E-state index in [9.17, 15) is 19.2 Å². The van der Waals surface area contributed by atoms with Crippen molar-refractivity contribution >= 4 is 209 Å². The van der Waals surface area contributed by atoms with E-state index in [1.54, 1.807) is 45.1 Å². The Hall–Kier alpha value is -12.1. The molecule has 0 bridgehead atoms. The monoisotopic (exact) mass is 2110 g/mol. The molecule has 722 valence electrons. The van der Waals surface area contributed by atoms with Crippen molar-refractivity contribution in [1.82, 2.24) is 0 Å². The zero-order valence-electron chi connectivity index (χ0n) is 81.6. The van der Waals surface area contributed by atoms with Gasteiger partial charge in [-0.2, -0.15) is 0 Å². The summed E-state index contributed by atoms with van der Waals surface area (Å²) in [6.45, 7) is 23.5. The number of allylic oxidation sites excluding steroid dienone is 12. The third-order valence-corrected chi connectivity index (χ3v) is 28.0. The second-order valence-electron chi connectivity index (χ2n) is 35.2. The van der Waals surface area contributed by atoms with Crippen molar-refractivity contribution in [3.8, 4) is 0 Å². The Morgan fingerprint density at radius 3 is 0.923 bits per heavy atom. The molecule has 1 heterocycles. The number of carboxylic acids is 1. The molecule has 0 saturated carbocycles. The second kappa shape index (κ2) is 51.2. The lowest BCUT2D eigenvalue weighted by Gasteiger charge is -2.32. The van der Waals surface area contributed by atoms with Gasteiger partial charge in [0, 0.05) is 60.8 Å². The van der Waals surface area contributed by atoms with Crippen LogP contribution in [-0.4, -0.2) is 67.1 Å². The topological polar surface area (TPSA) is 135 Å². The first-order valence-electron chi connectivity index (χ1n) is 47.9. The van der Waals surface area contributed by atoms with E-state index in [2.05, 4.69) is 230 Å². The Labute approximate surface area is 880 Å². The van der Waals surface area contributed by atoms with Crippen molar-refractivity contribution in [3.05, 3.63) is 473 Å². The zero-order chi connectivity index (χ0) is 101. The third kappa shape index (κ3) is 27.8. The molecule has 0 amide bonds. The minimum absolute atomic E-state index is 0.327. The fourth-order valence-electron chi connectivity index (χ4n) is 17.8. The molecule has 1 aliphatic heterocycles. The number of carbonyl (C=O) groups is 4. The highest BCUT2D eigenvalue weighted by Crippen LogP contribution is 2.50. The molecule has 1 saturated heterocycles. The Balaban J connectivity index is 0.000000155. The van der Waals surface area contributed by atoms with Crippen LogP contribution in [0.4, 0.5) is 0 Å². The van der Waals surface area contributed by atoms with Gasteiger partial charge in [-0.3, -0.25) is 0 Å². The molecule has 1 fully saturated rings. The van der Waals surface area contributed by atoms with Gasteiger partial charge in [0.1, 0.15) is 0 Å². The zero-order valence-corrected chi connectivity index (χ0v) is 88.3. The molecule has 142 heavy (non-hydrogen) atoms. The summed E-state index contributed by atoms with van der Waals surface area (Å²) in [4.78, 5) is 45.9. The van der Waals surface area contributed by atoms with Gasteiger partial charge in [-0.25, -0.2) is 19.2 Å². The molecule has 0 unspecified atom stereocenters. The predicted molar refractivity (Wildman–Crippen MR) is 605 cm³/mol. The number of rotatable bonds is 27. The number of hydrogen-bond donors (Lipinski definition) is 1. The van der Waals surface area contributed by atoms with Crippen LogP contribution in [-0.2, 0) is 68.4 Å². The van der Waals surface area contributed by atoms with E-state index < -0.39 is 24.3 Å². The quantitative estimate of drug-likeness (QED) is 0.0132. The maximum Gasteiger partial charge on any atom is 0.491 e. The number of fused-ring (bicyclic) bond motifs is 4. The normalized spacial score (nSPS) is 14.8. The van der Waals surface area contributed by atoms with Gasteiger partial charge in [-0.1, -0.05) is 340 Å². The molecule has 0 atom stereocenters. The molecule has 0 radical (unpaired) electrons. The van der Waals surface area contributed by atoms with Crippen LogP contribution >= 0.6 is 92.2 Å². The minimum atomic E-state index is -0.966. The van der Waals surface area contributed by atoms with Gasteiger partial charge < -0.3 is 28.6 Å². The largest absolute Gasteiger partial charge is 0.491 e. The van der Waals surface area contributed by atoms with Crippen LogP contribution < -0.4 is 0 Å². The molecule has 10 nitrogen and oxygen atoms in total. The summed E-state index contributed by atoms with van der Waals surface area (Å²) in [5, 5.41) is 13.4. The van der Waals surface area contributed by atoms with Crippen molar-refractivity contribution in [3.63, 3.8) is 0 Å². The summed E-state index contributed by atoms with van der Waals surface area (Å²) >= 11 is 40.2. The molecule has 18 heteroatoms. The fourth-order valence-corrected chi connectivity index (χ4v) is 19.3. The number of aliphatic carboxylic acids is 1. The first-order chi connectivity index (χ1) is 68.5. The summed E-state index contributed by atoms with van der Waals surface area (Å²) in [6.07, 6.45) is 23.8. The van der Waals surface area contributed by atoms with Gasteiger partial charge in [-0.05, 0) is 367 Å². The standard InChI is InChI=1S/C30H35BO4.C30H26Cl2O2.C30H27ClO2.C28H22Cl2O2.C6H4ClI/c1-7-26(31-34-29(3,4)30(5,6)35-31)28(25-19-23-11-9-10-12-24(23)20-25)22-16-13-21(14-17-22)15-18-27(32)33-8-2;1-3-25(21-14-16-24(31)17-15-21)29(27-19-23-7-5-6-8-26(23)30(27)32)22-12-9-20(10-13-22)11-18-28(33)34-4-2;1-3-28(22-14-16-27(31)17-15-22)30(26-19-24-7-5-6-8-25(24)20-26)23-12-9-21(10-13-23)11-18-29(32)33-4-2;1-2-23(19-12-14-22(29)15-13-19)27(20-10-7-18(8-11-20)9-16-26(31)32)25-17-21-5-3-4-6-24(21)28(25)30;7-5-1-3-6(8)4-2-5/h9-19H,7-8,20H2,1-6H3;5-18H,3-4,19H2,1-2H3;5-19H,3-4,20H2,1-2H3;3-16H,2,17H2,1H3,(H,31,32);1-4H/b18-15+,28-26+;18-11+,29-25+;18-11+,30-28+;16-9+,27-23+;. The highest BCUT2D eigenvalue weighted by molar-refractivity contribution is 14.1. The minimum Gasteiger partial charge on any atom is -0.478 e. The van der Waals surface area contributed by atoms with Crippen LogP contribution in [0.1, 0.15) is 208 Å². The number of carbonyl (C=O) groups excluding carboxylic acids is 3. The Morgan fingerprint density at radius 1 is 0.338 bits per heavy atom. The number of carboxylic acid groups (broad SMARTS) is 1. The van der Waals surface area contributed by atoms with Crippen molar-refractivity contribution < 1.29 is 47.8 Å². The fraction of sp³-hybridized carbons (Fsp3) is 0.194. The number of ether oxygens (including phenoxy) is 3. The molecular formula is C124H114BCl6IO10. The van der Waals surface area contributed by atoms with Gasteiger partial charge in [0.25, 0.3) is 0 Å². The number of hydrogen-bond acceptors (Lipinski definition) is 9. The summed E-state index contributed by atoms with van der Waals surface area (Å²) < 4.78 is 29.2. The highest BCUT2D eigenvalue weighted by Gasteiger charge is 2.53. The first-order valence-corrected chi connectivity index (χ1v) is 51.2. The maximum absolute atomic E-state index is 11.7. The van der Waals surface area contributed by atoms with Crippen LogP contribution in [0.25, 0.3) is 85.5 Å². The maximum atomic E-state index is 11.7. The van der Waals surface area contributed by atoms with Gasteiger partial charge in [0.05, 0.1) is 41.1 Å². The van der Waals surface area contributed by atoms with E-state index in [1.165, 1.54) is 99.8 Å². The van der Waals surface area contributed by atoms with E-state index in [1.807, 2.05) is 152 Å². The molecule has 12 aromatic carbocycles. The number of esters is 3. The Bertz CT molecular complexity index is 6920. The molecular weight excluding hydrogens is 2000 g/mol. The lowest BCUT2D eigenvalue weighted by atomic mass is 9.70. The van der Waals surface area contributed by atoms with E-state index >= 15 is 0 Å². The third-order valence-electron chi connectivity index (χ3n) is 25.4. The lowest BCUT2D eigenvalue weighted by molar-refractivity contribution is -0.138. The first kappa shape index (κ1) is 107. The average molecular weight is 2110 g/mol. The lowest BCUT2D eigenvalue weighted by Crippen LogP contribution is -2.41. The van der Waals surface area contributed by atoms with Crippen molar-refractivity contribution in [2.24, 2.45) is 0 Å². The van der Waals surface area contributed by atoms with Gasteiger partial charge in [0.2, 0.25) is 0 Å². The molecule has 0 aromatic heterocycles. The van der Waals surface area contributed by atoms with Crippen LogP contribution in [0.15, 0.2) is 343 Å². The van der Waals surface area contributed by atoms with Crippen LogP contribution in [0.2, 0.25) is 20.1 Å². The Kier molecular flexibility index (Phi) is 38.6. The van der Waals surface area contributed by atoms with Crippen LogP contribution in [0.3, 0.4) is 0 Å². The Morgan fingerprint density at radius 2 is 0.620 bits per heavy atom. The van der Waals surface area contributed by atoms with Crippen molar-refractivity contribution in [2.75, 3.05) is 19.8 Å². The summed E-state index contributed by atoms with van der Waals surface area (Å²) in [7, 11) is -0.409. The van der Waals surface area contributed by atoms with E-state index in [-0.39, 0.29) is 17.9 Å². The summed E-state index contributed by atoms with van der Waals surface area (Å²) in [5.41, 5.74) is 34.9. The van der Waals surface area contributed by atoms with Gasteiger partial charge in [-0.15, -0.1) is 0 Å². The molecule has 5 aliphatic rings. The molecule has 17 rings (SSSR count). The number of benzene rings is 12. The molecule has 4 aliphatic carbocycles. The summed E-state index contributed by atoms with van der Waals surface area (Å²) in [5.74, 6) is -1.97. The van der Waals surface area contributed by atoms with Crippen LogP contribution in [0.5, 0.6) is 0 Å². The van der Waals surface area contributed by atoms with Crippen LogP contribution in [0, 0.1) is 3.57 Å².